The smallest absolute Gasteiger partial charge is 0.273 e. The third kappa shape index (κ3) is 4.17. The Hall–Kier alpha value is -2.13. The van der Waals surface area contributed by atoms with Crippen LogP contribution in [0.25, 0.3) is 11.4 Å². The van der Waals surface area contributed by atoms with Gasteiger partial charge < -0.3 is 4.74 Å². The zero-order valence-corrected chi connectivity index (χ0v) is 12.4. The molecule has 0 saturated heterocycles. The summed E-state index contributed by atoms with van der Waals surface area (Å²) in [5, 5.41) is 4.12. The van der Waals surface area contributed by atoms with E-state index < -0.39 is 10.1 Å². The van der Waals surface area contributed by atoms with Crippen LogP contribution in [-0.2, 0) is 20.8 Å². The monoisotopic (exact) mass is 311 g/mol. The molecule has 0 aliphatic carbocycles. The minimum absolute atomic E-state index is 0.143. The molecule has 2 aromatic rings. The second kappa shape index (κ2) is 6.55. The summed E-state index contributed by atoms with van der Waals surface area (Å²) in [4.78, 5) is 8.32. The summed E-state index contributed by atoms with van der Waals surface area (Å²) < 4.78 is 33.4. The molecule has 0 N–H and O–H groups in total. The van der Waals surface area contributed by atoms with Crippen molar-refractivity contribution >= 4 is 10.1 Å². The number of hydrogen-bond acceptors (Lipinski definition) is 7. The van der Waals surface area contributed by atoms with Crippen LogP contribution in [0.1, 0.15) is 0 Å². The van der Waals surface area contributed by atoms with Gasteiger partial charge in [0.1, 0.15) is 11.9 Å². The highest BCUT2D eigenvalue weighted by atomic mass is 32.2. The number of nitrogens with zero attached hydrogens (tertiary/aromatic N) is 4. The van der Waals surface area contributed by atoms with E-state index in [4.69, 9.17) is 4.74 Å². The van der Waals surface area contributed by atoms with Gasteiger partial charge >= 0.3 is 0 Å². The highest BCUT2D eigenvalue weighted by molar-refractivity contribution is 7.86. The molecule has 0 aliphatic heterocycles. The largest absolute Gasteiger partial charge is 0.481 e. The molecule has 0 spiro atoms. The van der Waals surface area contributed by atoms with E-state index >= 15 is 0 Å². The van der Waals surface area contributed by atoms with E-state index in [2.05, 4.69) is 19.2 Å². The molecule has 8 nitrogen and oxygen atoms in total. The van der Waals surface area contributed by atoms with Gasteiger partial charge in [-0.15, -0.1) is 0 Å². The van der Waals surface area contributed by atoms with Crippen LogP contribution in [0.3, 0.4) is 0 Å². The normalized spacial score (nSPS) is 11.3. The molecule has 0 bridgehead atoms. The van der Waals surface area contributed by atoms with E-state index in [1.165, 1.54) is 11.8 Å². The fraction of sp³-hybridized carbons (Fsp3) is 0.333. The van der Waals surface area contributed by atoms with Gasteiger partial charge in [-0.3, -0.25) is 4.18 Å². The fourth-order valence-corrected chi connectivity index (χ4v) is 2.11. The van der Waals surface area contributed by atoms with Crippen molar-refractivity contribution in [1.82, 2.24) is 15.1 Å². The van der Waals surface area contributed by atoms with Crippen LogP contribution < -0.4 is 9.42 Å². The maximum atomic E-state index is 11.2. The Labute approximate surface area is 122 Å². The maximum absolute atomic E-state index is 11.2. The standard InChI is InChI=1S/C12H15N4O4S/c1-19-11-3-5-13-12(15-11)10-4-6-16(14-9-10)7-8-21(17,18)20-2/h3-6,9H,7-8H2,1-2H3/q+1. The van der Waals surface area contributed by atoms with Gasteiger partial charge in [0.2, 0.25) is 5.88 Å². The lowest BCUT2D eigenvalue weighted by atomic mass is 10.3. The number of rotatable bonds is 6. The third-order valence-electron chi connectivity index (χ3n) is 2.69. The van der Waals surface area contributed by atoms with Crippen molar-refractivity contribution in [3.8, 4) is 17.3 Å². The minimum Gasteiger partial charge on any atom is -0.481 e. The van der Waals surface area contributed by atoms with E-state index in [-0.39, 0.29) is 12.3 Å². The Bertz CT molecular complexity index is 703. The quantitative estimate of drug-likeness (QED) is 0.539. The van der Waals surface area contributed by atoms with Gasteiger partial charge in [0, 0.05) is 23.9 Å². The lowest BCUT2D eigenvalue weighted by molar-refractivity contribution is -0.750. The fourth-order valence-electron chi connectivity index (χ4n) is 1.53. The Morgan fingerprint density at radius 2 is 2.10 bits per heavy atom. The predicted octanol–water partition coefficient (Wildman–Crippen LogP) is -0.189. The zero-order valence-electron chi connectivity index (χ0n) is 11.6. The van der Waals surface area contributed by atoms with E-state index in [0.717, 1.165) is 7.11 Å². The first-order chi connectivity index (χ1) is 10.0. The SMILES string of the molecule is COc1ccnc(-c2cc[n+](CCS(=O)(=O)OC)nc2)n1. The van der Waals surface area contributed by atoms with Crippen LogP contribution in [0.2, 0.25) is 0 Å². The lowest BCUT2D eigenvalue weighted by Crippen LogP contribution is -2.40. The molecule has 21 heavy (non-hydrogen) atoms. The minimum atomic E-state index is -3.49. The average Bonchev–Trinajstić information content (AvgIpc) is 2.53. The molecule has 0 fully saturated rings. The van der Waals surface area contributed by atoms with Gasteiger partial charge in [0.05, 0.1) is 14.2 Å². The van der Waals surface area contributed by atoms with Crippen LogP contribution in [0.5, 0.6) is 5.88 Å². The average molecular weight is 311 g/mol. The van der Waals surface area contributed by atoms with Gasteiger partial charge in [0.25, 0.3) is 10.1 Å². The summed E-state index contributed by atoms with van der Waals surface area (Å²) in [6.07, 6.45) is 4.81. The van der Waals surface area contributed by atoms with Gasteiger partial charge in [-0.05, 0) is 5.10 Å². The summed E-state index contributed by atoms with van der Waals surface area (Å²) in [6.45, 7) is 0.204. The van der Waals surface area contributed by atoms with Crippen molar-refractivity contribution < 1.29 is 22.0 Å². The molecule has 2 heterocycles. The van der Waals surface area contributed by atoms with Gasteiger partial charge in [-0.2, -0.15) is 13.4 Å². The lowest BCUT2D eigenvalue weighted by Gasteiger charge is -2.01. The van der Waals surface area contributed by atoms with E-state index in [1.54, 1.807) is 30.7 Å². The van der Waals surface area contributed by atoms with Crippen molar-refractivity contribution in [3.63, 3.8) is 0 Å². The Morgan fingerprint density at radius 3 is 2.71 bits per heavy atom. The van der Waals surface area contributed by atoms with Crippen LogP contribution in [0.15, 0.2) is 30.7 Å². The summed E-state index contributed by atoms with van der Waals surface area (Å²) in [6, 6.07) is 3.40. The van der Waals surface area contributed by atoms with Crippen molar-refractivity contribution in [2.75, 3.05) is 20.0 Å². The van der Waals surface area contributed by atoms with Crippen molar-refractivity contribution in [3.05, 3.63) is 30.7 Å². The molecular formula is C12H15N4O4S+. The Morgan fingerprint density at radius 1 is 1.29 bits per heavy atom. The maximum Gasteiger partial charge on any atom is 0.273 e. The number of ether oxygens (including phenoxy) is 1. The first-order valence-electron chi connectivity index (χ1n) is 6.05. The highest BCUT2D eigenvalue weighted by Gasteiger charge is 2.14. The predicted molar refractivity (Wildman–Crippen MR) is 72.8 cm³/mol. The van der Waals surface area contributed by atoms with Gasteiger partial charge in [-0.25, -0.2) is 4.98 Å². The number of aromatic nitrogens is 4. The molecule has 2 aromatic heterocycles. The number of hydrogen-bond donors (Lipinski definition) is 0. The van der Waals surface area contributed by atoms with Crippen LogP contribution in [-0.4, -0.2) is 43.5 Å². The van der Waals surface area contributed by atoms with Gasteiger partial charge in [0.15, 0.2) is 18.6 Å². The molecule has 0 amide bonds. The molecule has 112 valence electrons. The zero-order chi connectivity index (χ0) is 15.3. The Kier molecular flexibility index (Phi) is 4.76. The summed E-state index contributed by atoms with van der Waals surface area (Å²) in [7, 11) is -0.828. The molecule has 0 radical (unpaired) electrons. The first-order valence-corrected chi connectivity index (χ1v) is 7.63. The van der Waals surface area contributed by atoms with E-state index in [0.29, 0.717) is 17.3 Å². The second-order valence-corrected chi connectivity index (χ2v) is 5.89. The molecule has 0 aliphatic rings. The third-order valence-corrected chi connectivity index (χ3v) is 3.88. The Balaban J connectivity index is 2.11. The van der Waals surface area contributed by atoms with Gasteiger partial charge in [-0.1, -0.05) is 4.68 Å². The summed E-state index contributed by atoms with van der Waals surface area (Å²) in [5.41, 5.74) is 0.708. The van der Waals surface area contributed by atoms with E-state index in [1.807, 2.05) is 0 Å². The highest BCUT2D eigenvalue weighted by Crippen LogP contribution is 2.14. The van der Waals surface area contributed by atoms with Crippen LogP contribution in [0.4, 0.5) is 0 Å². The van der Waals surface area contributed by atoms with Crippen molar-refractivity contribution in [2.24, 2.45) is 0 Å². The van der Waals surface area contributed by atoms with E-state index in [9.17, 15) is 8.42 Å². The molecule has 0 saturated carbocycles. The number of aryl methyl sites for hydroxylation is 1. The molecular weight excluding hydrogens is 296 g/mol. The van der Waals surface area contributed by atoms with Crippen LogP contribution in [0, 0.1) is 0 Å². The van der Waals surface area contributed by atoms with Crippen LogP contribution >= 0.6 is 0 Å². The second-order valence-electron chi connectivity index (χ2n) is 4.03. The molecule has 2 rings (SSSR count). The molecule has 0 atom stereocenters. The van der Waals surface area contributed by atoms with Crippen molar-refractivity contribution in [1.29, 1.82) is 0 Å². The molecule has 0 aromatic carbocycles. The molecule has 9 heteroatoms. The number of methoxy groups -OCH3 is 1. The topological polar surface area (TPSA) is 95.2 Å². The van der Waals surface area contributed by atoms with Crippen molar-refractivity contribution in [2.45, 2.75) is 6.54 Å². The summed E-state index contributed by atoms with van der Waals surface area (Å²) >= 11 is 0. The first kappa shape index (κ1) is 15.3. The summed E-state index contributed by atoms with van der Waals surface area (Å²) in [5.74, 6) is 0.803. The molecule has 0 unspecified atom stereocenters.